The fraction of sp³-hybridized carbons (Fsp3) is 0.516. The molecule has 228 valence electrons. The number of hydrogen-bond acceptors (Lipinski definition) is 10. The Labute approximate surface area is 250 Å². The van der Waals surface area contributed by atoms with Crippen LogP contribution in [0.3, 0.4) is 0 Å². The highest BCUT2D eigenvalue weighted by atomic mass is 35.5. The highest BCUT2D eigenvalue weighted by Crippen LogP contribution is 2.38. The zero-order valence-electron chi connectivity index (χ0n) is 24.2. The molecule has 2 aromatic rings. The molecule has 42 heavy (non-hydrogen) atoms. The Kier molecular flexibility index (Phi) is 10.5. The van der Waals surface area contributed by atoms with Crippen molar-refractivity contribution >= 4 is 29.5 Å². The fourth-order valence-corrected chi connectivity index (χ4v) is 5.21. The Morgan fingerprint density at radius 1 is 0.976 bits per heavy atom. The molecule has 2 heterocycles. The topological polar surface area (TPSA) is 127 Å². The zero-order chi connectivity index (χ0) is 30.4. The number of rotatable bonds is 11. The van der Waals surface area contributed by atoms with Crippen molar-refractivity contribution < 1.29 is 47.9 Å². The summed E-state index contributed by atoms with van der Waals surface area (Å²) >= 11 is 6.58. The molecule has 11 heteroatoms. The molecule has 2 aromatic carbocycles. The summed E-state index contributed by atoms with van der Waals surface area (Å²) < 4.78 is 33.5. The second-order valence-corrected chi connectivity index (χ2v) is 11.3. The summed E-state index contributed by atoms with van der Waals surface area (Å²) in [4.78, 5) is 35.4. The molecule has 0 aromatic heterocycles. The first-order valence-corrected chi connectivity index (χ1v) is 14.3. The number of ether oxygens (including phenoxy) is 6. The van der Waals surface area contributed by atoms with Crippen LogP contribution in [0.25, 0.3) is 0 Å². The van der Waals surface area contributed by atoms with Crippen molar-refractivity contribution in [2.75, 3.05) is 26.4 Å². The summed E-state index contributed by atoms with van der Waals surface area (Å²) in [5, 5.41) is 11.5. The van der Waals surface area contributed by atoms with Gasteiger partial charge in [-0.1, -0.05) is 42.8 Å². The van der Waals surface area contributed by atoms with Gasteiger partial charge < -0.3 is 33.5 Å². The van der Waals surface area contributed by atoms with Crippen LogP contribution in [-0.4, -0.2) is 73.9 Å². The summed E-state index contributed by atoms with van der Waals surface area (Å²) in [6.45, 7) is 7.49. The summed E-state index contributed by atoms with van der Waals surface area (Å²) in [5.74, 6) is -1.13. The number of carbonyl (C=O) groups excluding carboxylic acids is 3. The van der Waals surface area contributed by atoms with E-state index in [1.807, 2.05) is 30.3 Å². The van der Waals surface area contributed by atoms with Crippen molar-refractivity contribution in [2.24, 2.45) is 5.41 Å². The molecule has 0 radical (unpaired) electrons. The van der Waals surface area contributed by atoms with Crippen molar-refractivity contribution in [1.82, 2.24) is 0 Å². The highest BCUT2D eigenvalue weighted by Gasteiger charge is 2.50. The molecule has 2 aliphatic heterocycles. The van der Waals surface area contributed by atoms with Crippen LogP contribution in [0.5, 0.6) is 5.75 Å². The Bertz CT molecular complexity index is 1250. The molecule has 2 fully saturated rings. The lowest BCUT2D eigenvalue weighted by molar-refractivity contribution is -0.249. The van der Waals surface area contributed by atoms with E-state index in [9.17, 15) is 19.5 Å². The maximum atomic E-state index is 12.0. The van der Waals surface area contributed by atoms with E-state index in [0.29, 0.717) is 36.8 Å². The lowest BCUT2D eigenvalue weighted by atomic mass is 9.84. The van der Waals surface area contributed by atoms with Crippen LogP contribution in [0.1, 0.15) is 56.9 Å². The van der Waals surface area contributed by atoms with Gasteiger partial charge in [0, 0.05) is 25.8 Å². The summed E-state index contributed by atoms with van der Waals surface area (Å²) in [6.07, 6.45) is -4.41. The molecule has 5 unspecified atom stereocenters. The molecule has 0 bridgehead atoms. The van der Waals surface area contributed by atoms with Crippen LogP contribution in [0.4, 0.5) is 0 Å². The maximum Gasteiger partial charge on any atom is 0.303 e. The van der Waals surface area contributed by atoms with Crippen LogP contribution < -0.4 is 4.74 Å². The Morgan fingerprint density at radius 2 is 1.64 bits per heavy atom. The second kappa shape index (κ2) is 13.9. The van der Waals surface area contributed by atoms with Crippen molar-refractivity contribution in [3.05, 3.63) is 64.2 Å². The minimum atomic E-state index is -1.43. The molecule has 0 saturated carbocycles. The van der Waals surface area contributed by atoms with E-state index in [4.69, 9.17) is 40.0 Å². The average Bonchev–Trinajstić information content (AvgIpc) is 2.91. The van der Waals surface area contributed by atoms with Crippen molar-refractivity contribution in [3.8, 4) is 5.75 Å². The quantitative estimate of drug-likeness (QED) is 0.297. The predicted octanol–water partition coefficient (Wildman–Crippen LogP) is 3.96. The first kappa shape index (κ1) is 31.7. The van der Waals surface area contributed by atoms with E-state index in [1.165, 1.54) is 20.8 Å². The molecule has 2 saturated heterocycles. The number of carbonyl (C=O) groups is 3. The minimum absolute atomic E-state index is 0.0828. The van der Waals surface area contributed by atoms with E-state index in [2.05, 4.69) is 6.92 Å². The predicted molar refractivity (Wildman–Crippen MR) is 151 cm³/mol. The highest BCUT2D eigenvalue weighted by molar-refractivity contribution is 6.31. The van der Waals surface area contributed by atoms with E-state index < -0.39 is 48.4 Å². The van der Waals surface area contributed by atoms with Gasteiger partial charge in [-0.15, -0.1) is 0 Å². The number of aliphatic hydroxyl groups is 1. The molecule has 1 N–H and O–H groups in total. The van der Waals surface area contributed by atoms with Crippen LogP contribution in [0.15, 0.2) is 42.5 Å². The maximum absolute atomic E-state index is 12.0. The van der Waals surface area contributed by atoms with E-state index in [1.54, 1.807) is 12.1 Å². The van der Waals surface area contributed by atoms with E-state index in [0.717, 1.165) is 23.3 Å². The third-order valence-corrected chi connectivity index (χ3v) is 7.91. The van der Waals surface area contributed by atoms with Crippen LogP contribution in [0, 0.1) is 5.41 Å². The monoisotopic (exact) mass is 604 g/mol. The minimum Gasteiger partial charge on any atom is -0.493 e. The van der Waals surface area contributed by atoms with E-state index in [-0.39, 0.29) is 12.0 Å². The summed E-state index contributed by atoms with van der Waals surface area (Å²) in [5.41, 5.74) is 2.42. The first-order chi connectivity index (χ1) is 20.0. The largest absolute Gasteiger partial charge is 0.493 e. The third kappa shape index (κ3) is 7.80. The molecule has 10 nitrogen and oxygen atoms in total. The Morgan fingerprint density at radius 3 is 2.21 bits per heavy atom. The number of hydrogen-bond donors (Lipinski definition) is 1. The smallest absolute Gasteiger partial charge is 0.303 e. The lowest BCUT2D eigenvalue weighted by Crippen LogP contribution is -2.58. The van der Waals surface area contributed by atoms with Gasteiger partial charge in [-0.05, 0) is 47.7 Å². The third-order valence-electron chi connectivity index (χ3n) is 7.54. The fourth-order valence-electron chi connectivity index (χ4n) is 5.03. The number of benzene rings is 2. The zero-order valence-corrected chi connectivity index (χ0v) is 24.9. The molecular weight excluding hydrogens is 568 g/mol. The van der Waals surface area contributed by atoms with Crippen LogP contribution in [-0.2, 0) is 44.5 Å². The molecule has 0 aliphatic carbocycles. The lowest BCUT2D eigenvalue weighted by Gasteiger charge is -2.43. The van der Waals surface area contributed by atoms with Gasteiger partial charge in [0.2, 0.25) is 0 Å². The van der Waals surface area contributed by atoms with Gasteiger partial charge in [0.15, 0.2) is 12.2 Å². The van der Waals surface area contributed by atoms with Gasteiger partial charge in [0.05, 0.1) is 25.2 Å². The Hall–Kier alpha value is -3.18. The van der Waals surface area contributed by atoms with Crippen LogP contribution in [0.2, 0.25) is 5.02 Å². The normalized spacial score (nSPS) is 24.7. The molecular formula is C31H37ClO10. The van der Waals surface area contributed by atoms with Gasteiger partial charge in [0.1, 0.15) is 30.7 Å². The van der Waals surface area contributed by atoms with E-state index >= 15 is 0 Å². The summed E-state index contributed by atoms with van der Waals surface area (Å²) in [6, 6.07) is 13.0. The number of aliphatic hydroxyl groups excluding tert-OH is 1. The molecule has 0 spiro atoms. The number of esters is 3. The van der Waals surface area contributed by atoms with Gasteiger partial charge in [-0.3, -0.25) is 14.4 Å². The number of halogens is 1. The summed E-state index contributed by atoms with van der Waals surface area (Å²) in [7, 11) is 0. The van der Waals surface area contributed by atoms with Gasteiger partial charge >= 0.3 is 17.9 Å². The van der Waals surface area contributed by atoms with Crippen LogP contribution >= 0.6 is 11.6 Å². The van der Waals surface area contributed by atoms with Gasteiger partial charge in [0.25, 0.3) is 0 Å². The first-order valence-electron chi connectivity index (χ1n) is 13.9. The Balaban J connectivity index is 1.56. The SMILES string of the molecule is CCC1(COc2ccc(Cc3cc(C4OC(COC(C)=O)C(O)C(OC(C)=O)C4OC(C)=O)ccc3Cl)cc2)COC1. The van der Waals surface area contributed by atoms with Crippen molar-refractivity contribution in [2.45, 2.75) is 71.1 Å². The molecule has 4 rings (SSSR count). The molecule has 0 amide bonds. The van der Waals surface area contributed by atoms with Crippen molar-refractivity contribution in [3.63, 3.8) is 0 Å². The van der Waals surface area contributed by atoms with Crippen molar-refractivity contribution in [1.29, 1.82) is 0 Å². The molecule has 5 atom stereocenters. The second-order valence-electron chi connectivity index (χ2n) is 10.8. The van der Waals surface area contributed by atoms with Gasteiger partial charge in [-0.2, -0.15) is 0 Å². The standard InChI is InChI=1S/C31H37ClO10/c1-5-31(15-37-16-31)17-39-24-9-6-21(7-10-24)12-23-13-22(8-11-25(23)32)28-30(41-20(4)35)29(40-19(3)34)27(36)26(42-28)14-38-18(2)33/h6-11,13,26-30,36H,5,12,14-17H2,1-4H3. The van der Waals surface area contributed by atoms with Gasteiger partial charge in [-0.25, -0.2) is 0 Å². The average molecular weight is 605 g/mol. The molecule has 2 aliphatic rings.